The molecule has 0 bridgehead atoms. The number of carbonyl (C=O) groups excluding carboxylic acids is 1. The lowest BCUT2D eigenvalue weighted by Crippen LogP contribution is -2.16. The van der Waals surface area contributed by atoms with Crippen molar-refractivity contribution in [3.63, 3.8) is 0 Å². The van der Waals surface area contributed by atoms with Crippen molar-refractivity contribution in [3.8, 4) is 0 Å². The smallest absolute Gasteiger partial charge is 0.319 e. The number of hydrogen-bond donors (Lipinski definition) is 0. The third kappa shape index (κ3) is 2.28. The van der Waals surface area contributed by atoms with Gasteiger partial charge in [0.05, 0.1) is 6.61 Å². The van der Waals surface area contributed by atoms with Gasteiger partial charge in [0.2, 0.25) is 0 Å². The second-order valence-corrected chi connectivity index (χ2v) is 2.67. The standard InChI is InChI=1S/C10H10F2O2/c1-2-14-10(13)7-5-3-4-6-8(11)9(7)12/h3-7H,2H2,1H3. The highest BCUT2D eigenvalue weighted by Crippen LogP contribution is 2.24. The van der Waals surface area contributed by atoms with Crippen molar-refractivity contribution in [1.82, 2.24) is 0 Å². The van der Waals surface area contributed by atoms with E-state index < -0.39 is 23.5 Å². The average Bonchev–Trinajstić information content (AvgIpc) is 2.31. The predicted molar refractivity (Wildman–Crippen MR) is 47.6 cm³/mol. The van der Waals surface area contributed by atoms with Crippen LogP contribution < -0.4 is 0 Å². The van der Waals surface area contributed by atoms with Gasteiger partial charge in [-0.1, -0.05) is 18.2 Å². The Kier molecular flexibility index (Phi) is 3.56. The van der Waals surface area contributed by atoms with Crippen LogP contribution in [0.3, 0.4) is 0 Å². The van der Waals surface area contributed by atoms with Gasteiger partial charge in [-0.15, -0.1) is 0 Å². The summed E-state index contributed by atoms with van der Waals surface area (Å²) in [5, 5.41) is 0. The summed E-state index contributed by atoms with van der Waals surface area (Å²) in [6.07, 6.45) is 4.96. The Morgan fingerprint density at radius 2 is 2.21 bits per heavy atom. The molecule has 0 spiro atoms. The molecule has 0 aromatic rings. The van der Waals surface area contributed by atoms with E-state index in [2.05, 4.69) is 4.74 Å². The second kappa shape index (κ2) is 4.69. The molecular formula is C10H10F2O2. The Morgan fingerprint density at radius 1 is 1.50 bits per heavy atom. The number of rotatable bonds is 2. The molecule has 0 saturated heterocycles. The quantitative estimate of drug-likeness (QED) is 0.640. The zero-order valence-electron chi connectivity index (χ0n) is 7.67. The topological polar surface area (TPSA) is 26.3 Å². The lowest BCUT2D eigenvalue weighted by molar-refractivity contribution is -0.145. The number of halogens is 2. The Bertz CT molecular complexity index is 316. The third-order valence-electron chi connectivity index (χ3n) is 1.70. The molecule has 0 aliphatic heterocycles. The molecule has 0 aromatic carbocycles. The lowest BCUT2D eigenvalue weighted by atomic mass is 10.1. The number of allylic oxidation sites excluding steroid dienone is 4. The molecule has 1 unspecified atom stereocenters. The first-order chi connectivity index (χ1) is 6.66. The van der Waals surface area contributed by atoms with Crippen molar-refractivity contribution in [2.24, 2.45) is 5.92 Å². The largest absolute Gasteiger partial charge is 0.465 e. The molecule has 14 heavy (non-hydrogen) atoms. The van der Waals surface area contributed by atoms with Crippen LogP contribution in [0.1, 0.15) is 6.92 Å². The summed E-state index contributed by atoms with van der Waals surface area (Å²) in [7, 11) is 0. The summed E-state index contributed by atoms with van der Waals surface area (Å²) in [6, 6.07) is 0. The molecular weight excluding hydrogens is 190 g/mol. The summed E-state index contributed by atoms with van der Waals surface area (Å²) >= 11 is 0. The van der Waals surface area contributed by atoms with Gasteiger partial charge in [0.1, 0.15) is 5.92 Å². The third-order valence-corrected chi connectivity index (χ3v) is 1.70. The molecule has 1 aliphatic carbocycles. The highest BCUT2D eigenvalue weighted by atomic mass is 19.2. The van der Waals surface area contributed by atoms with E-state index in [1.165, 1.54) is 18.2 Å². The van der Waals surface area contributed by atoms with E-state index in [0.29, 0.717) is 0 Å². The van der Waals surface area contributed by atoms with Crippen LogP contribution in [0.2, 0.25) is 0 Å². The maximum absolute atomic E-state index is 13.2. The monoisotopic (exact) mass is 200 g/mol. The first-order valence-corrected chi connectivity index (χ1v) is 4.23. The molecule has 1 rings (SSSR count). The van der Waals surface area contributed by atoms with Crippen LogP contribution >= 0.6 is 0 Å². The van der Waals surface area contributed by atoms with E-state index in [9.17, 15) is 13.6 Å². The SMILES string of the molecule is CCOC(=O)C1C=CC=CC(F)=C1F. The van der Waals surface area contributed by atoms with Crippen LogP contribution in [0.25, 0.3) is 0 Å². The lowest BCUT2D eigenvalue weighted by Gasteiger charge is -2.08. The van der Waals surface area contributed by atoms with Crippen molar-refractivity contribution in [2.75, 3.05) is 6.61 Å². The molecule has 0 saturated carbocycles. The highest BCUT2D eigenvalue weighted by molar-refractivity contribution is 5.78. The molecule has 1 aliphatic rings. The fourth-order valence-electron chi connectivity index (χ4n) is 1.04. The van der Waals surface area contributed by atoms with Crippen molar-refractivity contribution < 1.29 is 18.3 Å². The summed E-state index contributed by atoms with van der Waals surface area (Å²) in [5.74, 6) is -4.17. The van der Waals surface area contributed by atoms with E-state index in [1.54, 1.807) is 6.92 Å². The number of esters is 1. The number of carbonyl (C=O) groups is 1. The Hall–Kier alpha value is -1.45. The maximum Gasteiger partial charge on any atom is 0.319 e. The zero-order chi connectivity index (χ0) is 10.6. The van der Waals surface area contributed by atoms with E-state index in [4.69, 9.17) is 0 Å². The molecule has 4 heteroatoms. The van der Waals surface area contributed by atoms with Gasteiger partial charge >= 0.3 is 5.97 Å². The molecule has 76 valence electrons. The molecule has 0 heterocycles. The van der Waals surface area contributed by atoms with Crippen molar-refractivity contribution in [3.05, 3.63) is 36.0 Å². The zero-order valence-corrected chi connectivity index (χ0v) is 7.67. The molecule has 0 fully saturated rings. The Balaban J connectivity index is 2.88. The van der Waals surface area contributed by atoms with Crippen LogP contribution in [-0.4, -0.2) is 12.6 Å². The Morgan fingerprint density at radius 3 is 2.86 bits per heavy atom. The maximum atomic E-state index is 13.2. The van der Waals surface area contributed by atoms with Crippen molar-refractivity contribution in [1.29, 1.82) is 0 Å². The predicted octanol–water partition coefficient (Wildman–Crippen LogP) is 2.44. The van der Waals surface area contributed by atoms with Crippen LogP contribution in [0.4, 0.5) is 8.78 Å². The van der Waals surface area contributed by atoms with Gasteiger partial charge in [-0.05, 0) is 13.0 Å². The fourth-order valence-corrected chi connectivity index (χ4v) is 1.04. The average molecular weight is 200 g/mol. The molecule has 0 N–H and O–H groups in total. The summed E-state index contributed by atoms with van der Waals surface area (Å²) in [6.45, 7) is 1.75. The molecule has 2 nitrogen and oxygen atoms in total. The van der Waals surface area contributed by atoms with Gasteiger partial charge in [-0.25, -0.2) is 8.78 Å². The minimum Gasteiger partial charge on any atom is -0.465 e. The van der Waals surface area contributed by atoms with Crippen LogP contribution in [0.15, 0.2) is 36.0 Å². The molecule has 1 atom stereocenters. The van der Waals surface area contributed by atoms with Gasteiger partial charge in [-0.3, -0.25) is 4.79 Å². The van der Waals surface area contributed by atoms with Crippen molar-refractivity contribution >= 4 is 5.97 Å². The van der Waals surface area contributed by atoms with Gasteiger partial charge in [0, 0.05) is 0 Å². The normalized spacial score (nSPS) is 20.9. The van der Waals surface area contributed by atoms with E-state index >= 15 is 0 Å². The summed E-state index contributed by atoms with van der Waals surface area (Å²) in [5.41, 5.74) is 0. The van der Waals surface area contributed by atoms with Gasteiger partial charge in [0.15, 0.2) is 11.7 Å². The van der Waals surface area contributed by atoms with Gasteiger partial charge in [0.25, 0.3) is 0 Å². The Labute approximate surface area is 80.6 Å². The summed E-state index contributed by atoms with van der Waals surface area (Å²) in [4.78, 5) is 11.2. The van der Waals surface area contributed by atoms with E-state index in [-0.39, 0.29) is 6.61 Å². The fraction of sp³-hybridized carbons (Fsp3) is 0.300. The van der Waals surface area contributed by atoms with Crippen molar-refractivity contribution in [2.45, 2.75) is 6.92 Å². The second-order valence-electron chi connectivity index (χ2n) is 2.67. The minimum absolute atomic E-state index is 0.144. The first kappa shape index (κ1) is 10.6. The van der Waals surface area contributed by atoms with Crippen LogP contribution in [0.5, 0.6) is 0 Å². The number of ether oxygens (including phenoxy) is 1. The number of hydrogen-bond acceptors (Lipinski definition) is 2. The molecule has 0 amide bonds. The van der Waals surface area contributed by atoms with Crippen LogP contribution in [-0.2, 0) is 9.53 Å². The summed E-state index contributed by atoms with van der Waals surface area (Å²) < 4.78 is 30.6. The molecule has 0 radical (unpaired) electrons. The van der Waals surface area contributed by atoms with Gasteiger partial charge < -0.3 is 4.74 Å². The van der Waals surface area contributed by atoms with E-state index in [1.807, 2.05) is 0 Å². The first-order valence-electron chi connectivity index (χ1n) is 4.23. The van der Waals surface area contributed by atoms with E-state index in [0.717, 1.165) is 6.08 Å². The molecule has 0 aromatic heterocycles. The van der Waals surface area contributed by atoms with Crippen LogP contribution in [0, 0.1) is 5.92 Å². The highest BCUT2D eigenvalue weighted by Gasteiger charge is 2.25. The van der Waals surface area contributed by atoms with Gasteiger partial charge in [-0.2, -0.15) is 0 Å². The minimum atomic E-state index is -1.26.